The molecular formula is C15H16N4O5S2. The van der Waals surface area contributed by atoms with Crippen LogP contribution in [0.25, 0.3) is 11.0 Å². The highest BCUT2D eigenvalue weighted by atomic mass is 32.2. The molecule has 3 rings (SSSR count). The van der Waals surface area contributed by atoms with E-state index in [1.165, 1.54) is 30.3 Å². The number of H-pyrrole nitrogens is 2. The first kappa shape index (κ1) is 18.3. The molecule has 0 radical (unpaired) electrons. The van der Waals surface area contributed by atoms with Crippen LogP contribution in [0.3, 0.4) is 0 Å². The van der Waals surface area contributed by atoms with Crippen molar-refractivity contribution in [1.29, 1.82) is 0 Å². The fourth-order valence-electron chi connectivity index (χ4n) is 2.44. The molecule has 0 spiro atoms. The van der Waals surface area contributed by atoms with Gasteiger partial charge in [0.1, 0.15) is 0 Å². The van der Waals surface area contributed by atoms with E-state index in [-0.39, 0.29) is 16.3 Å². The van der Waals surface area contributed by atoms with Gasteiger partial charge in [0, 0.05) is 6.54 Å². The van der Waals surface area contributed by atoms with Gasteiger partial charge in [0.25, 0.3) is 0 Å². The number of rotatable bonds is 6. The standard InChI is InChI=1S/C15H16N4O5S2/c16-25(21,22)11-3-1-10(2-4-11)7-8-17-26(23,24)12-5-6-13-14(9-12)19-15(20)18-13/h1-6,9,17H,7-8H2,(H2,16,21,22)(H2,18,19,20). The fourth-order valence-corrected chi connectivity index (χ4v) is 4.01. The molecule has 0 saturated heterocycles. The predicted molar refractivity (Wildman–Crippen MR) is 95.6 cm³/mol. The summed E-state index contributed by atoms with van der Waals surface area (Å²) in [4.78, 5) is 16.3. The van der Waals surface area contributed by atoms with Gasteiger partial charge in [-0.25, -0.2) is 31.5 Å². The van der Waals surface area contributed by atoms with E-state index < -0.39 is 25.7 Å². The number of aromatic amines is 2. The first-order valence-corrected chi connectivity index (χ1v) is 10.5. The summed E-state index contributed by atoms with van der Waals surface area (Å²) in [5.41, 5.74) is 1.26. The summed E-state index contributed by atoms with van der Waals surface area (Å²) in [5.74, 6) is 0. The number of nitrogens with one attached hydrogen (secondary N) is 3. The molecule has 0 atom stereocenters. The third-order valence-corrected chi connectivity index (χ3v) is 6.14. The van der Waals surface area contributed by atoms with Crippen LogP contribution in [0.2, 0.25) is 0 Å². The summed E-state index contributed by atoms with van der Waals surface area (Å²) >= 11 is 0. The zero-order chi connectivity index (χ0) is 18.9. The Morgan fingerprint density at radius 3 is 2.15 bits per heavy atom. The number of aromatic nitrogens is 2. The Morgan fingerprint density at radius 2 is 1.50 bits per heavy atom. The van der Waals surface area contributed by atoms with E-state index in [0.29, 0.717) is 17.5 Å². The van der Waals surface area contributed by atoms with E-state index in [9.17, 15) is 21.6 Å². The molecule has 0 aliphatic rings. The number of primary sulfonamides is 1. The van der Waals surface area contributed by atoms with E-state index >= 15 is 0 Å². The van der Waals surface area contributed by atoms with Gasteiger partial charge in [-0.2, -0.15) is 0 Å². The minimum Gasteiger partial charge on any atom is -0.306 e. The summed E-state index contributed by atoms with van der Waals surface area (Å²) in [6.07, 6.45) is 0.368. The Balaban J connectivity index is 1.68. The number of imidazole rings is 1. The minimum absolute atomic E-state index is 0.00405. The molecule has 0 bridgehead atoms. The third kappa shape index (κ3) is 4.02. The number of hydrogen-bond acceptors (Lipinski definition) is 5. The maximum absolute atomic E-state index is 12.3. The molecule has 2 aromatic carbocycles. The highest BCUT2D eigenvalue weighted by Crippen LogP contribution is 2.15. The molecule has 9 nitrogen and oxygen atoms in total. The molecule has 11 heteroatoms. The van der Waals surface area contributed by atoms with Crippen LogP contribution in [-0.4, -0.2) is 33.3 Å². The van der Waals surface area contributed by atoms with E-state index in [4.69, 9.17) is 5.14 Å². The zero-order valence-electron chi connectivity index (χ0n) is 13.4. The van der Waals surface area contributed by atoms with Crippen LogP contribution in [0.4, 0.5) is 0 Å². The summed E-state index contributed by atoms with van der Waals surface area (Å²) < 4.78 is 49.6. The quantitative estimate of drug-likeness (QED) is 0.462. The summed E-state index contributed by atoms with van der Waals surface area (Å²) in [6.45, 7) is 0.124. The first-order chi connectivity index (χ1) is 12.1. The molecule has 138 valence electrons. The Morgan fingerprint density at radius 1 is 0.885 bits per heavy atom. The summed E-state index contributed by atoms with van der Waals surface area (Å²) in [6, 6.07) is 10.2. The van der Waals surface area contributed by atoms with Crippen molar-refractivity contribution in [2.24, 2.45) is 5.14 Å². The number of benzene rings is 2. The average molecular weight is 396 g/mol. The van der Waals surface area contributed by atoms with Crippen molar-refractivity contribution in [1.82, 2.24) is 14.7 Å². The molecular weight excluding hydrogens is 380 g/mol. The molecule has 3 aromatic rings. The van der Waals surface area contributed by atoms with Crippen LogP contribution in [0.1, 0.15) is 5.56 Å². The molecule has 5 N–H and O–H groups in total. The van der Waals surface area contributed by atoms with E-state index in [1.54, 1.807) is 12.1 Å². The van der Waals surface area contributed by atoms with Gasteiger partial charge in [0.2, 0.25) is 20.0 Å². The number of nitrogens with two attached hydrogens (primary N) is 1. The third-order valence-electron chi connectivity index (χ3n) is 3.76. The number of fused-ring (bicyclic) bond motifs is 1. The van der Waals surface area contributed by atoms with Gasteiger partial charge in [0.15, 0.2) is 0 Å². The second kappa shape index (κ2) is 6.68. The largest absolute Gasteiger partial charge is 0.323 e. The molecule has 0 saturated carbocycles. The summed E-state index contributed by atoms with van der Waals surface area (Å²) in [7, 11) is -7.50. The topological polar surface area (TPSA) is 155 Å². The molecule has 0 amide bonds. The lowest BCUT2D eigenvalue weighted by Gasteiger charge is -2.07. The van der Waals surface area contributed by atoms with Crippen molar-refractivity contribution in [2.75, 3.05) is 6.54 Å². The van der Waals surface area contributed by atoms with Gasteiger partial charge in [-0.1, -0.05) is 12.1 Å². The normalized spacial score (nSPS) is 12.5. The van der Waals surface area contributed by atoms with Gasteiger partial charge < -0.3 is 9.97 Å². The predicted octanol–water partition coefficient (Wildman–Crippen LogP) is 0.0246. The SMILES string of the molecule is NS(=O)(=O)c1ccc(CCNS(=O)(=O)c2ccc3[nH]c(=O)[nH]c3c2)cc1. The molecule has 0 aliphatic carbocycles. The van der Waals surface area contributed by atoms with Gasteiger partial charge in [-0.05, 0) is 42.3 Å². The van der Waals surface area contributed by atoms with E-state index in [2.05, 4.69) is 14.7 Å². The maximum atomic E-state index is 12.3. The molecule has 1 aromatic heterocycles. The average Bonchev–Trinajstić information content (AvgIpc) is 2.93. The summed E-state index contributed by atoms with van der Waals surface area (Å²) in [5, 5.41) is 5.03. The van der Waals surface area contributed by atoms with Crippen molar-refractivity contribution in [3.05, 3.63) is 58.5 Å². The van der Waals surface area contributed by atoms with Crippen LogP contribution >= 0.6 is 0 Å². The Kier molecular flexibility index (Phi) is 4.71. The van der Waals surface area contributed by atoms with Gasteiger partial charge in [-0.15, -0.1) is 0 Å². The lowest BCUT2D eigenvalue weighted by Crippen LogP contribution is -2.26. The minimum atomic E-state index is -3.75. The molecule has 0 unspecified atom stereocenters. The van der Waals surface area contributed by atoms with E-state index in [0.717, 1.165) is 5.56 Å². The van der Waals surface area contributed by atoms with Gasteiger partial charge in [-0.3, -0.25) is 0 Å². The van der Waals surface area contributed by atoms with Crippen molar-refractivity contribution in [3.63, 3.8) is 0 Å². The second-order valence-electron chi connectivity index (χ2n) is 5.62. The molecule has 1 heterocycles. The number of sulfonamides is 2. The maximum Gasteiger partial charge on any atom is 0.323 e. The lowest BCUT2D eigenvalue weighted by atomic mass is 10.2. The second-order valence-corrected chi connectivity index (χ2v) is 8.95. The van der Waals surface area contributed by atoms with Crippen molar-refractivity contribution < 1.29 is 16.8 Å². The van der Waals surface area contributed by atoms with Crippen LogP contribution in [0.5, 0.6) is 0 Å². The first-order valence-electron chi connectivity index (χ1n) is 7.49. The van der Waals surface area contributed by atoms with Crippen LogP contribution < -0.4 is 15.6 Å². The van der Waals surface area contributed by atoms with Crippen LogP contribution in [-0.2, 0) is 26.5 Å². The van der Waals surface area contributed by atoms with Crippen molar-refractivity contribution in [2.45, 2.75) is 16.2 Å². The zero-order valence-corrected chi connectivity index (χ0v) is 15.0. The lowest BCUT2D eigenvalue weighted by molar-refractivity contribution is 0.581. The molecule has 0 aliphatic heterocycles. The highest BCUT2D eigenvalue weighted by Gasteiger charge is 2.15. The fraction of sp³-hybridized carbons (Fsp3) is 0.133. The number of hydrogen-bond donors (Lipinski definition) is 4. The van der Waals surface area contributed by atoms with Crippen molar-refractivity contribution >= 4 is 31.1 Å². The van der Waals surface area contributed by atoms with E-state index in [1.807, 2.05) is 0 Å². The van der Waals surface area contributed by atoms with Gasteiger partial charge in [0.05, 0.1) is 20.8 Å². The Hall–Kier alpha value is -2.47. The Bertz CT molecular complexity index is 1210. The van der Waals surface area contributed by atoms with Crippen LogP contribution in [0.15, 0.2) is 57.1 Å². The molecule has 26 heavy (non-hydrogen) atoms. The highest BCUT2D eigenvalue weighted by molar-refractivity contribution is 7.89. The van der Waals surface area contributed by atoms with Crippen molar-refractivity contribution in [3.8, 4) is 0 Å². The monoisotopic (exact) mass is 396 g/mol. The van der Waals surface area contributed by atoms with Gasteiger partial charge >= 0.3 is 5.69 Å². The Labute approximate surface area is 149 Å². The smallest absolute Gasteiger partial charge is 0.306 e. The molecule has 0 fully saturated rings. The van der Waals surface area contributed by atoms with Crippen LogP contribution in [0, 0.1) is 0 Å².